The number of nitrogens with zero attached hydrogens (tertiary/aromatic N) is 5. The molecule has 1 aromatic heterocycles. The van der Waals surface area contributed by atoms with E-state index < -0.39 is 0 Å². The van der Waals surface area contributed by atoms with E-state index in [0.717, 1.165) is 32.0 Å². The topological polar surface area (TPSA) is 51.3 Å². The van der Waals surface area contributed by atoms with Crippen LogP contribution >= 0.6 is 0 Å². The van der Waals surface area contributed by atoms with Gasteiger partial charge in [0.2, 0.25) is 5.82 Å². The summed E-state index contributed by atoms with van der Waals surface area (Å²) in [6.07, 6.45) is 0. The minimum absolute atomic E-state index is 0.143. The first kappa shape index (κ1) is 17.8. The molecule has 1 N–H and O–H groups in total. The smallest absolute Gasteiger partial charge is 0.209 e. The summed E-state index contributed by atoms with van der Waals surface area (Å²) in [6.45, 7) is 12.2. The van der Waals surface area contributed by atoms with Crippen molar-refractivity contribution in [3.8, 4) is 0 Å². The Hall–Kier alpha value is -2.02. The highest BCUT2D eigenvalue weighted by Gasteiger charge is 2.35. The molecule has 0 aliphatic carbocycles. The molecule has 136 valence electrons. The summed E-state index contributed by atoms with van der Waals surface area (Å²) in [5, 5.41) is 12.4. The monoisotopic (exact) mass is 347 g/mol. The van der Waals surface area contributed by atoms with E-state index in [0.29, 0.717) is 11.6 Å². The molecule has 0 amide bonds. The molecular formula is C18H28FN6+. The van der Waals surface area contributed by atoms with Crippen LogP contribution in [-0.2, 0) is 0 Å². The molecule has 0 unspecified atom stereocenters. The van der Waals surface area contributed by atoms with Crippen molar-refractivity contribution in [2.75, 3.05) is 31.1 Å². The Bertz CT molecular complexity index is 690. The van der Waals surface area contributed by atoms with Crippen molar-refractivity contribution in [3.05, 3.63) is 35.9 Å². The van der Waals surface area contributed by atoms with Crippen LogP contribution in [0, 0.1) is 11.7 Å². The molecule has 1 atom stereocenters. The Balaban J connectivity index is 1.75. The number of hydrogen-bond donors (Lipinski definition) is 1. The van der Waals surface area contributed by atoms with Gasteiger partial charge in [0.1, 0.15) is 5.82 Å². The van der Waals surface area contributed by atoms with Crippen molar-refractivity contribution in [2.45, 2.75) is 39.8 Å². The zero-order valence-electron chi connectivity index (χ0n) is 15.5. The molecule has 2 aromatic rings. The van der Waals surface area contributed by atoms with Gasteiger partial charge in [-0.3, -0.25) is 0 Å². The number of nitrogens with one attached hydrogen (secondary N) is 1. The van der Waals surface area contributed by atoms with Crippen molar-refractivity contribution in [1.29, 1.82) is 0 Å². The maximum atomic E-state index is 14.0. The molecule has 0 radical (unpaired) electrons. The van der Waals surface area contributed by atoms with Crippen molar-refractivity contribution in [3.63, 3.8) is 0 Å². The predicted molar refractivity (Wildman–Crippen MR) is 95.1 cm³/mol. The summed E-state index contributed by atoms with van der Waals surface area (Å²) < 4.78 is 16.0. The highest BCUT2D eigenvalue weighted by molar-refractivity contribution is 5.47. The lowest BCUT2D eigenvalue weighted by atomic mass is 10.00. The summed E-state index contributed by atoms with van der Waals surface area (Å²) in [7, 11) is 0. The van der Waals surface area contributed by atoms with Crippen LogP contribution in [0.4, 0.5) is 10.1 Å². The SMILES string of the molecule is CC(C)[C@H](c1nnnn1C(C)C)[NH+]1CCN(c2ccccc2F)CC1. The first-order valence-electron chi connectivity index (χ1n) is 9.10. The fraction of sp³-hybridized carbons (Fsp3) is 0.611. The third-order valence-corrected chi connectivity index (χ3v) is 4.99. The average molecular weight is 347 g/mol. The van der Waals surface area contributed by atoms with Crippen LogP contribution < -0.4 is 9.80 Å². The quantitative estimate of drug-likeness (QED) is 0.890. The van der Waals surface area contributed by atoms with Crippen molar-refractivity contribution < 1.29 is 9.29 Å². The first-order valence-corrected chi connectivity index (χ1v) is 9.10. The molecule has 1 fully saturated rings. The maximum Gasteiger partial charge on any atom is 0.209 e. The van der Waals surface area contributed by atoms with Gasteiger partial charge in [-0.15, -0.1) is 5.10 Å². The van der Waals surface area contributed by atoms with Crippen LogP contribution in [0.3, 0.4) is 0 Å². The van der Waals surface area contributed by atoms with E-state index in [1.54, 1.807) is 6.07 Å². The van der Waals surface area contributed by atoms with E-state index in [2.05, 4.69) is 48.1 Å². The Morgan fingerprint density at radius 3 is 2.36 bits per heavy atom. The first-order chi connectivity index (χ1) is 12.0. The molecule has 1 aliphatic heterocycles. The van der Waals surface area contributed by atoms with E-state index >= 15 is 0 Å². The largest absolute Gasteiger partial charge is 0.358 e. The zero-order valence-corrected chi connectivity index (χ0v) is 15.5. The molecule has 1 aromatic carbocycles. The fourth-order valence-corrected chi connectivity index (χ4v) is 3.78. The molecule has 0 saturated carbocycles. The Labute approximate surface area is 148 Å². The number of aromatic nitrogens is 4. The van der Waals surface area contributed by atoms with Gasteiger partial charge in [0.25, 0.3) is 0 Å². The molecular weight excluding hydrogens is 319 g/mol. The summed E-state index contributed by atoms with van der Waals surface area (Å²) in [6, 6.07) is 7.51. The van der Waals surface area contributed by atoms with E-state index in [-0.39, 0.29) is 17.9 Å². The van der Waals surface area contributed by atoms with Crippen molar-refractivity contribution in [1.82, 2.24) is 20.2 Å². The molecule has 2 heterocycles. The minimum Gasteiger partial charge on any atom is -0.358 e. The standard InChI is InChI=1S/C18H27FN6/c1-13(2)17(18-20-21-22-25(18)14(3)4)24-11-9-23(10-12-24)16-8-6-5-7-15(16)19/h5-8,13-14,17H,9-12H2,1-4H3/p+1/t17-/m1/s1. The van der Waals surface area contributed by atoms with E-state index in [1.807, 2.05) is 16.8 Å². The number of rotatable bonds is 5. The molecule has 6 nitrogen and oxygen atoms in total. The Morgan fingerprint density at radius 1 is 1.08 bits per heavy atom. The van der Waals surface area contributed by atoms with Crippen molar-refractivity contribution in [2.24, 2.45) is 5.92 Å². The van der Waals surface area contributed by atoms with Gasteiger partial charge >= 0.3 is 0 Å². The van der Waals surface area contributed by atoms with Gasteiger partial charge in [-0.2, -0.15) is 0 Å². The van der Waals surface area contributed by atoms with Gasteiger partial charge in [0, 0.05) is 5.92 Å². The number of para-hydroxylation sites is 1. The molecule has 3 rings (SSSR count). The third-order valence-electron chi connectivity index (χ3n) is 4.99. The fourth-order valence-electron chi connectivity index (χ4n) is 3.78. The number of quaternary nitrogens is 1. The second kappa shape index (κ2) is 7.47. The molecule has 0 bridgehead atoms. The summed E-state index contributed by atoms with van der Waals surface area (Å²) in [5.41, 5.74) is 0.703. The lowest BCUT2D eigenvalue weighted by molar-refractivity contribution is -0.937. The third kappa shape index (κ3) is 3.66. The second-order valence-corrected chi connectivity index (χ2v) is 7.39. The second-order valence-electron chi connectivity index (χ2n) is 7.39. The number of anilines is 1. The van der Waals surface area contributed by atoms with Crippen LogP contribution in [0.5, 0.6) is 0 Å². The minimum atomic E-state index is -0.143. The van der Waals surface area contributed by atoms with Crippen LogP contribution in [0.2, 0.25) is 0 Å². The predicted octanol–water partition coefficient (Wildman–Crippen LogP) is 1.50. The number of hydrogen-bond acceptors (Lipinski definition) is 4. The van der Waals surface area contributed by atoms with E-state index in [1.165, 1.54) is 11.0 Å². The Kier molecular flexibility index (Phi) is 5.32. The maximum absolute atomic E-state index is 14.0. The van der Waals surface area contributed by atoms with Gasteiger partial charge in [-0.25, -0.2) is 9.07 Å². The zero-order chi connectivity index (χ0) is 18.0. The Morgan fingerprint density at radius 2 is 1.76 bits per heavy atom. The van der Waals surface area contributed by atoms with Gasteiger partial charge in [-0.1, -0.05) is 26.0 Å². The summed E-state index contributed by atoms with van der Waals surface area (Å²) in [5.74, 6) is 1.24. The lowest BCUT2D eigenvalue weighted by Crippen LogP contribution is -3.15. The number of piperazine rings is 1. The normalized spacial score (nSPS) is 17.5. The lowest BCUT2D eigenvalue weighted by Gasteiger charge is -2.38. The highest BCUT2D eigenvalue weighted by Crippen LogP contribution is 2.21. The van der Waals surface area contributed by atoms with Crippen molar-refractivity contribution >= 4 is 5.69 Å². The van der Waals surface area contributed by atoms with Gasteiger partial charge in [-0.05, 0) is 36.4 Å². The molecule has 1 aliphatic rings. The van der Waals surface area contributed by atoms with Crippen LogP contribution in [0.15, 0.2) is 24.3 Å². The molecule has 7 heteroatoms. The highest BCUT2D eigenvalue weighted by atomic mass is 19.1. The van der Waals surface area contributed by atoms with Crippen LogP contribution in [0.25, 0.3) is 0 Å². The van der Waals surface area contributed by atoms with E-state index in [4.69, 9.17) is 0 Å². The van der Waals surface area contributed by atoms with Gasteiger partial charge < -0.3 is 9.80 Å². The van der Waals surface area contributed by atoms with Crippen LogP contribution in [0.1, 0.15) is 45.6 Å². The summed E-state index contributed by atoms with van der Waals surface area (Å²) in [4.78, 5) is 3.61. The van der Waals surface area contributed by atoms with Gasteiger partial charge in [0.05, 0.1) is 37.9 Å². The molecule has 0 spiro atoms. The van der Waals surface area contributed by atoms with Gasteiger partial charge in [0.15, 0.2) is 6.04 Å². The number of halogens is 1. The van der Waals surface area contributed by atoms with Crippen LogP contribution in [-0.4, -0.2) is 46.4 Å². The number of tetrazole rings is 1. The van der Waals surface area contributed by atoms with E-state index in [9.17, 15) is 4.39 Å². The summed E-state index contributed by atoms with van der Waals surface area (Å²) >= 11 is 0. The average Bonchev–Trinajstić information content (AvgIpc) is 3.05. The molecule has 25 heavy (non-hydrogen) atoms. The molecule has 1 saturated heterocycles. The number of benzene rings is 1.